The maximum Gasteiger partial charge on any atom is 0.120 e. The summed E-state index contributed by atoms with van der Waals surface area (Å²) < 4.78 is 0. The van der Waals surface area contributed by atoms with Gasteiger partial charge in [-0.3, -0.25) is 0 Å². The van der Waals surface area contributed by atoms with E-state index in [9.17, 15) is 10.2 Å². The van der Waals surface area contributed by atoms with Crippen molar-refractivity contribution in [3.05, 3.63) is 23.0 Å². The summed E-state index contributed by atoms with van der Waals surface area (Å²) in [6.45, 7) is 5.68. The van der Waals surface area contributed by atoms with Gasteiger partial charge in [0.25, 0.3) is 0 Å². The summed E-state index contributed by atoms with van der Waals surface area (Å²) in [6.07, 6.45) is 6.44. The van der Waals surface area contributed by atoms with Gasteiger partial charge in [-0.1, -0.05) is 13.0 Å². The highest BCUT2D eigenvalue weighted by Gasteiger charge is 2.35. The highest BCUT2D eigenvalue weighted by Crippen LogP contribution is 2.44. The Morgan fingerprint density at radius 3 is 2.50 bits per heavy atom. The first-order chi connectivity index (χ1) is 7.41. The molecule has 0 aliphatic heterocycles. The third kappa shape index (κ3) is 2.17. The Kier molecular flexibility index (Phi) is 2.87. The van der Waals surface area contributed by atoms with Crippen LogP contribution in [0.3, 0.4) is 0 Å². The molecule has 0 spiro atoms. The Morgan fingerprint density at radius 2 is 2.00 bits per heavy atom. The lowest BCUT2D eigenvalue weighted by atomic mass is 9.82. The topological polar surface area (TPSA) is 40.5 Å². The molecule has 0 aromatic rings. The second kappa shape index (κ2) is 3.92. The monoisotopic (exact) mass is 222 g/mol. The van der Waals surface area contributed by atoms with Crippen molar-refractivity contribution in [1.82, 2.24) is 0 Å². The molecule has 2 aliphatic carbocycles. The van der Waals surface area contributed by atoms with E-state index in [4.69, 9.17) is 0 Å². The molecule has 16 heavy (non-hydrogen) atoms. The predicted octanol–water partition coefficient (Wildman–Crippen LogP) is 3.34. The smallest absolute Gasteiger partial charge is 0.120 e. The van der Waals surface area contributed by atoms with E-state index >= 15 is 0 Å². The van der Waals surface area contributed by atoms with Gasteiger partial charge in [-0.2, -0.15) is 0 Å². The maximum atomic E-state index is 10.3. The highest BCUT2D eigenvalue weighted by molar-refractivity contribution is 5.39. The molecule has 2 nitrogen and oxygen atoms in total. The van der Waals surface area contributed by atoms with Crippen molar-refractivity contribution >= 4 is 0 Å². The molecule has 2 aliphatic rings. The van der Waals surface area contributed by atoms with Gasteiger partial charge in [-0.05, 0) is 56.9 Å². The molecule has 0 heterocycles. The van der Waals surface area contributed by atoms with Crippen molar-refractivity contribution < 1.29 is 10.2 Å². The van der Waals surface area contributed by atoms with Crippen LogP contribution in [0.5, 0.6) is 0 Å². The average Bonchev–Trinajstić information content (AvgIpc) is 2.98. The normalized spacial score (nSPS) is 24.4. The van der Waals surface area contributed by atoms with Crippen LogP contribution in [0.15, 0.2) is 23.0 Å². The van der Waals surface area contributed by atoms with Gasteiger partial charge < -0.3 is 10.2 Å². The maximum absolute atomic E-state index is 10.3. The van der Waals surface area contributed by atoms with Crippen molar-refractivity contribution in [2.45, 2.75) is 52.1 Å². The second-order valence-corrected chi connectivity index (χ2v) is 5.72. The minimum absolute atomic E-state index is 0.359. The predicted molar refractivity (Wildman–Crippen MR) is 65.2 cm³/mol. The van der Waals surface area contributed by atoms with Gasteiger partial charge in [0.2, 0.25) is 0 Å². The van der Waals surface area contributed by atoms with Crippen molar-refractivity contribution in [2.24, 2.45) is 11.8 Å². The fourth-order valence-electron chi connectivity index (χ4n) is 2.62. The molecule has 1 fully saturated rings. The summed E-state index contributed by atoms with van der Waals surface area (Å²) in [5.41, 5.74) is 0.933. The van der Waals surface area contributed by atoms with Gasteiger partial charge in [0.15, 0.2) is 0 Å². The highest BCUT2D eigenvalue weighted by atomic mass is 16.3. The summed E-state index contributed by atoms with van der Waals surface area (Å²) in [4.78, 5) is 0. The lowest BCUT2D eigenvalue weighted by Gasteiger charge is -2.28. The molecule has 0 bridgehead atoms. The largest absolute Gasteiger partial charge is 0.508 e. The third-order valence-electron chi connectivity index (χ3n) is 3.86. The van der Waals surface area contributed by atoms with Gasteiger partial charge in [-0.15, -0.1) is 0 Å². The zero-order valence-corrected chi connectivity index (χ0v) is 10.5. The molecule has 2 rings (SSSR count). The Labute approximate surface area is 97.7 Å². The molecule has 1 atom stereocenters. The molecule has 0 aromatic heterocycles. The van der Waals surface area contributed by atoms with E-state index in [2.05, 4.69) is 6.92 Å². The summed E-state index contributed by atoms with van der Waals surface area (Å²) in [7, 11) is 0. The van der Waals surface area contributed by atoms with Crippen LogP contribution in [0.25, 0.3) is 0 Å². The van der Waals surface area contributed by atoms with E-state index in [1.54, 1.807) is 13.8 Å². The van der Waals surface area contributed by atoms with Gasteiger partial charge in [-0.25, -0.2) is 0 Å². The van der Waals surface area contributed by atoms with Crippen LogP contribution >= 0.6 is 0 Å². The van der Waals surface area contributed by atoms with Crippen LogP contribution < -0.4 is 0 Å². The molecular weight excluding hydrogens is 200 g/mol. The van der Waals surface area contributed by atoms with Crippen molar-refractivity contribution in [3.63, 3.8) is 0 Å². The number of allylic oxidation sites excluding steroid dienone is 2. The molecule has 0 aromatic carbocycles. The van der Waals surface area contributed by atoms with E-state index in [1.807, 2.05) is 6.08 Å². The molecular formula is C14H22O2. The summed E-state index contributed by atoms with van der Waals surface area (Å²) in [6, 6.07) is 0. The Morgan fingerprint density at radius 1 is 1.38 bits per heavy atom. The van der Waals surface area contributed by atoms with Gasteiger partial charge in [0.05, 0.1) is 5.60 Å². The lowest BCUT2D eigenvalue weighted by molar-refractivity contribution is 0.113. The first kappa shape index (κ1) is 11.7. The van der Waals surface area contributed by atoms with Crippen LogP contribution in [0.4, 0.5) is 0 Å². The minimum atomic E-state index is -0.932. The first-order valence-corrected chi connectivity index (χ1v) is 6.26. The van der Waals surface area contributed by atoms with Crippen molar-refractivity contribution in [3.8, 4) is 0 Å². The molecule has 0 amide bonds. The fraction of sp³-hybridized carbons (Fsp3) is 0.714. The summed E-state index contributed by atoms with van der Waals surface area (Å²) >= 11 is 0. The lowest BCUT2D eigenvalue weighted by Crippen LogP contribution is -2.26. The Bertz CT molecular complexity index is 340. The quantitative estimate of drug-likeness (QED) is 0.769. The molecule has 0 saturated heterocycles. The molecule has 1 saturated carbocycles. The zero-order chi connectivity index (χ0) is 11.9. The molecule has 0 radical (unpaired) electrons. The van der Waals surface area contributed by atoms with Crippen LogP contribution in [-0.2, 0) is 0 Å². The number of hydrogen-bond acceptors (Lipinski definition) is 2. The van der Waals surface area contributed by atoms with Crippen molar-refractivity contribution in [1.29, 1.82) is 0 Å². The number of hydrogen-bond donors (Lipinski definition) is 2. The second-order valence-electron chi connectivity index (χ2n) is 5.72. The Hall–Kier alpha value is -0.760. The van der Waals surface area contributed by atoms with Crippen LogP contribution in [0.1, 0.15) is 46.5 Å². The standard InChI is InChI=1S/C14H22O2/c1-9(10-7-8-10)11-5-4-6-12(13(11)15)14(2,3)16/h6,9-10,15-16H,4-5,7-8H2,1-3H3. The molecule has 1 unspecified atom stereocenters. The fourth-order valence-corrected chi connectivity index (χ4v) is 2.62. The zero-order valence-electron chi connectivity index (χ0n) is 10.5. The van der Waals surface area contributed by atoms with E-state index in [-0.39, 0.29) is 0 Å². The van der Waals surface area contributed by atoms with Crippen LogP contribution in [0.2, 0.25) is 0 Å². The summed E-state index contributed by atoms with van der Waals surface area (Å²) in [5.74, 6) is 1.60. The number of rotatable bonds is 3. The third-order valence-corrected chi connectivity index (χ3v) is 3.86. The van der Waals surface area contributed by atoms with E-state index in [0.717, 1.165) is 24.3 Å². The average molecular weight is 222 g/mol. The van der Waals surface area contributed by atoms with E-state index in [1.165, 1.54) is 12.8 Å². The van der Waals surface area contributed by atoms with Crippen LogP contribution in [0, 0.1) is 11.8 Å². The number of aliphatic hydroxyl groups excluding tert-OH is 1. The first-order valence-electron chi connectivity index (χ1n) is 6.26. The Balaban J connectivity index is 2.27. The van der Waals surface area contributed by atoms with E-state index < -0.39 is 5.60 Å². The molecule has 2 heteroatoms. The van der Waals surface area contributed by atoms with Gasteiger partial charge in [0.1, 0.15) is 5.76 Å². The minimum Gasteiger partial charge on any atom is -0.508 e. The van der Waals surface area contributed by atoms with Gasteiger partial charge >= 0.3 is 0 Å². The molecule has 90 valence electrons. The van der Waals surface area contributed by atoms with Crippen LogP contribution in [-0.4, -0.2) is 15.8 Å². The van der Waals surface area contributed by atoms with Gasteiger partial charge in [0, 0.05) is 5.57 Å². The molecule has 2 N–H and O–H groups in total. The van der Waals surface area contributed by atoms with E-state index in [0.29, 0.717) is 17.3 Å². The summed E-state index contributed by atoms with van der Waals surface area (Å²) in [5, 5.41) is 20.3. The SMILES string of the molecule is CC(C1=C(O)C(C(C)(C)O)=CCC1)C1CC1. The van der Waals surface area contributed by atoms with Crippen molar-refractivity contribution in [2.75, 3.05) is 0 Å². The number of aliphatic hydroxyl groups is 2.